The van der Waals surface area contributed by atoms with E-state index in [2.05, 4.69) is 0 Å². The lowest BCUT2D eigenvalue weighted by Crippen LogP contribution is -2.54. The van der Waals surface area contributed by atoms with Crippen molar-refractivity contribution in [3.63, 3.8) is 0 Å². The van der Waals surface area contributed by atoms with E-state index in [1.165, 1.54) is 51.4 Å². The number of nitrogens with zero attached hydrogens (tertiary/aromatic N) is 2. The molecular formula is C24H38N2O3. The normalized spacial score (nSPS) is 39.1. The number of rotatable bonds is 3. The number of amides is 2. The van der Waals surface area contributed by atoms with E-state index in [0.29, 0.717) is 44.9 Å². The lowest BCUT2D eigenvalue weighted by Gasteiger charge is -2.43. The molecule has 1 heterocycles. The average Bonchev–Trinajstić information content (AvgIpc) is 3.33. The van der Waals surface area contributed by atoms with Gasteiger partial charge in [0.15, 0.2) is 0 Å². The molecule has 5 rings (SSSR count). The second-order valence-electron chi connectivity index (χ2n) is 10.7. The summed E-state index contributed by atoms with van der Waals surface area (Å²) in [5.74, 6) is 4.21. The maximum atomic E-state index is 13.1. The quantitative estimate of drug-likeness (QED) is 0.789. The maximum Gasteiger partial charge on any atom is 0.254 e. The minimum atomic E-state index is -1.08. The van der Waals surface area contributed by atoms with E-state index in [1.54, 1.807) is 4.90 Å². The predicted octanol–water partition coefficient (Wildman–Crippen LogP) is 3.20. The Kier molecular flexibility index (Phi) is 5.38. The van der Waals surface area contributed by atoms with Crippen LogP contribution in [0.5, 0.6) is 0 Å². The number of fused-ring (bicyclic) bond motifs is 1. The van der Waals surface area contributed by atoms with Crippen LogP contribution in [-0.2, 0) is 9.59 Å². The van der Waals surface area contributed by atoms with Gasteiger partial charge in [-0.3, -0.25) is 9.59 Å². The number of aliphatic hydroxyl groups is 1. The molecule has 0 aromatic carbocycles. The van der Waals surface area contributed by atoms with Gasteiger partial charge in [-0.1, -0.05) is 25.7 Å². The van der Waals surface area contributed by atoms with Crippen molar-refractivity contribution in [2.24, 2.45) is 29.6 Å². The van der Waals surface area contributed by atoms with Gasteiger partial charge in [0.2, 0.25) is 5.91 Å². The number of hydrogen-bond acceptors (Lipinski definition) is 3. The molecule has 5 heteroatoms. The lowest BCUT2D eigenvalue weighted by molar-refractivity contribution is -0.148. The van der Waals surface area contributed by atoms with Gasteiger partial charge in [-0.2, -0.15) is 0 Å². The summed E-state index contributed by atoms with van der Waals surface area (Å²) < 4.78 is 0. The Morgan fingerprint density at radius 2 is 1.21 bits per heavy atom. The van der Waals surface area contributed by atoms with Gasteiger partial charge in [-0.15, -0.1) is 0 Å². The molecule has 1 saturated heterocycles. The minimum Gasteiger partial charge on any atom is -0.380 e. The first-order valence-electron chi connectivity index (χ1n) is 12.4. The second-order valence-corrected chi connectivity index (χ2v) is 10.7. The number of carbonyl (C=O) groups is 2. The van der Waals surface area contributed by atoms with E-state index < -0.39 is 5.60 Å². The van der Waals surface area contributed by atoms with Crippen LogP contribution in [0.1, 0.15) is 77.0 Å². The molecule has 4 aliphatic carbocycles. The van der Waals surface area contributed by atoms with Crippen molar-refractivity contribution in [1.29, 1.82) is 0 Å². The molecule has 0 radical (unpaired) electrons. The molecule has 4 saturated carbocycles. The molecule has 3 unspecified atom stereocenters. The highest BCUT2D eigenvalue weighted by atomic mass is 16.3. The first kappa shape index (κ1) is 19.8. The predicted molar refractivity (Wildman–Crippen MR) is 111 cm³/mol. The van der Waals surface area contributed by atoms with Crippen molar-refractivity contribution >= 4 is 11.8 Å². The van der Waals surface area contributed by atoms with Gasteiger partial charge >= 0.3 is 0 Å². The Labute approximate surface area is 175 Å². The Balaban J connectivity index is 1.10. The number of carbonyl (C=O) groups excluding carboxylic acids is 2. The Hall–Kier alpha value is -1.10. The third kappa shape index (κ3) is 3.84. The van der Waals surface area contributed by atoms with Crippen LogP contribution in [0.4, 0.5) is 0 Å². The van der Waals surface area contributed by atoms with Gasteiger partial charge in [0.1, 0.15) is 5.60 Å². The molecule has 0 spiro atoms. The van der Waals surface area contributed by atoms with Crippen LogP contribution < -0.4 is 0 Å². The zero-order valence-electron chi connectivity index (χ0n) is 17.9. The Bertz CT molecular complexity index is 630. The average molecular weight is 403 g/mol. The van der Waals surface area contributed by atoms with Gasteiger partial charge in [-0.05, 0) is 75.0 Å². The van der Waals surface area contributed by atoms with Crippen molar-refractivity contribution in [3.05, 3.63) is 0 Å². The molecule has 5 aliphatic rings. The molecule has 1 aliphatic heterocycles. The largest absolute Gasteiger partial charge is 0.380 e. The fourth-order valence-corrected chi connectivity index (χ4v) is 7.21. The van der Waals surface area contributed by atoms with E-state index in [0.717, 1.165) is 36.5 Å². The van der Waals surface area contributed by atoms with Gasteiger partial charge in [0, 0.05) is 32.1 Å². The Morgan fingerprint density at radius 3 is 1.76 bits per heavy atom. The van der Waals surface area contributed by atoms with Crippen LogP contribution in [0.15, 0.2) is 0 Å². The number of hydrogen-bond donors (Lipinski definition) is 1. The van der Waals surface area contributed by atoms with Gasteiger partial charge in [-0.25, -0.2) is 0 Å². The summed E-state index contributed by atoms with van der Waals surface area (Å²) in [5, 5.41) is 10.0. The monoisotopic (exact) mass is 402 g/mol. The molecule has 0 aromatic heterocycles. The van der Waals surface area contributed by atoms with E-state index in [9.17, 15) is 14.7 Å². The highest BCUT2D eigenvalue weighted by Gasteiger charge is 2.50. The molecular weight excluding hydrogens is 364 g/mol. The summed E-state index contributed by atoms with van der Waals surface area (Å²) in [6.45, 7) is 2.42. The van der Waals surface area contributed by atoms with E-state index in [1.807, 2.05) is 4.90 Å². The SMILES string of the molecule is O=C(C1CCC(C2CCCC3CCCC32)CC1)N1CCN(C(=O)C2(O)CC2)CC1. The van der Waals surface area contributed by atoms with Crippen LogP contribution in [-0.4, -0.2) is 58.5 Å². The summed E-state index contributed by atoms with van der Waals surface area (Å²) in [5.41, 5.74) is -1.08. The second kappa shape index (κ2) is 7.86. The molecule has 5 nitrogen and oxygen atoms in total. The Morgan fingerprint density at radius 1 is 0.690 bits per heavy atom. The van der Waals surface area contributed by atoms with E-state index in [4.69, 9.17) is 0 Å². The van der Waals surface area contributed by atoms with E-state index in [-0.39, 0.29) is 11.8 Å². The van der Waals surface area contributed by atoms with Gasteiger partial charge < -0.3 is 14.9 Å². The summed E-state index contributed by atoms with van der Waals surface area (Å²) >= 11 is 0. The fourth-order valence-electron chi connectivity index (χ4n) is 7.21. The topological polar surface area (TPSA) is 60.9 Å². The van der Waals surface area contributed by atoms with Gasteiger partial charge in [0.05, 0.1) is 0 Å². The van der Waals surface area contributed by atoms with Crippen molar-refractivity contribution in [1.82, 2.24) is 9.80 Å². The molecule has 5 fully saturated rings. The van der Waals surface area contributed by atoms with Crippen LogP contribution in [0.2, 0.25) is 0 Å². The van der Waals surface area contributed by atoms with Crippen LogP contribution in [0, 0.1) is 29.6 Å². The molecule has 162 valence electrons. The third-order valence-corrected chi connectivity index (χ3v) is 9.11. The van der Waals surface area contributed by atoms with Crippen molar-refractivity contribution < 1.29 is 14.7 Å². The molecule has 3 atom stereocenters. The van der Waals surface area contributed by atoms with Crippen molar-refractivity contribution in [2.45, 2.75) is 82.7 Å². The summed E-state index contributed by atoms with van der Waals surface area (Å²) in [6, 6.07) is 0. The maximum absolute atomic E-state index is 13.1. The number of piperazine rings is 1. The molecule has 1 N–H and O–H groups in total. The minimum absolute atomic E-state index is 0.122. The zero-order chi connectivity index (χ0) is 20.0. The molecule has 0 aromatic rings. The summed E-state index contributed by atoms with van der Waals surface area (Å²) in [7, 11) is 0. The smallest absolute Gasteiger partial charge is 0.254 e. The molecule has 2 amide bonds. The first-order chi connectivity index (χ1) is 14.0. The summed E-state index contributed by atoms with van der Waals surface area (Å²) in [4.78, 5) is 29.1. The van der Waals surface area contributed by atoms with E-state index >= 15 is 0 Å². The summed E-state index contributed by atoms with van der Waals surface area (Å²) in [6.07, 6.45) is 14.5. The van der Waals surface area contributed by atoms with Crippen LogP contribution in [0.3, 0.4) is 0 Å². The standard InChI is InChI=1S/C24H38N2O3/c27-22(25-13-15-26(16-14-25)23(28)24(29)11-12-24)19-9-7-18(8-10-19)21-6-2-4-17-3-1-5-20(17)21/h17-21,29H,1-16H2. The lowest BCUT2D eigenvalue weighted by atomic mass is 9.64. The van der Waals surface area contributed by atoms with Crippen molar-refractivity contribution in [2.75, 3.05) is 26.2 Å². The van der Waals surface area contributed by atoms with Crippen molar-refractivity contribution in [3.8, 4) is 0 Å². The molecule has 29 heavy (non-hydrogen) atoms. The first-order valence-corrected chi connectivity index (χ1v) is 12.4. The third-order valence-electron chi connectivity index (χ3n) is 9.11. The fraction of sp³-hybridized carbons (Fsp3) is 0.917. The van der Waals surface area contributed by atoms with Gasteiger partial charge in [0.25, 0.3) is 5.91 Å². The zero-order valence-corrected chi connectivity index (χ0v) is 17.9. The highest BCUT2D eigenvalue weighted by Crippen LogP contribution is 2.51. The van der Waals surface area contributed by atoms with Crippen LogP contribution >= 0.6 is 0 Å². The van der Waals surface area contributed by atoms with Crippen LogP contribution in [0.25, 0.3) is 0 Å². The highest BCUT2D eigenvalue weighted by molar-refractivity contribution is 5.88. The molecule has 0 bridgehead atoms.